The molecule has 0 saturated carbocycles. The fourth-order valence-corrected chi connectivity index (χ4v) is 1.46. The van der Waals surface area contributed by atoms with Gasteiger partial charge >= 0.3 is 0 Å². The molecule has 70 valence electrons. The van der Waals surface area contributed by atoms with E-state index >= 15 is 0 Å². The quantitative estimate of drug-likeness (QED) is 0.695. The fourth-order valence-electron chi connectivity index (χ4n) is 1.46. The van der Waals surface area contributed by atoms with Crippen LogP contribution < -0.4 is 0 Å². The standard InChI is InChI=1S/C12H16O/c1-5-6-11-10(4)9(3)8(2)7-12(11)13/h5-7,13H,1-4H3/b6-5-. The van der Waals surface area contributed by atoms with Crippen molar-refractivity contribution in [3.8, 4) is 5.75 Å². The third kappa shape index (κ3) is 1.74. The van der Waals surface area contributed by atoms with Crippen LogP contribution in [0.1, 0.15) is 29.2 Å². The maximum Gasteiger partial charge on any atom is 0.123 e. The van der Waals surface area contributed by atoms with Crippen molar-refractivity contribution in [2.75, 3.05) is 0 Å². The molecule has 0 unspecified atom stereocenters. The molecule has 1 rings (SSSR count). The van der Waals surface area contributed by atoms with E-state index in [9.17, 15) is 5.11 Å². The third-order valence-electron chi connectivity index (χ3n) is 2.52. The summed E-state index contributed by atoms with van der Waals surface area (Å²) in [6.07, 6.45) is 3.88. The molecule has 0 aliphatic rings. The van der Waals surface area contributed by atoms with E-state index in [1.54, 1.807) is 0 Å². The lowest BCUT2D eigenvalue weighted by Crippen LogP contribution is -1.90. The molecule has 0 fully saturated rings. The Hall–Kier alpha value is -1.24. The molecule has 1 heteroatoms. The second-order valence-electron chi connectivity index (χ2n) is 3.38. The maximum absolute atomic E-state index is 9.68. The van der Waals surface area contributed by atoms with E-state index in [4.69, 9.17) is 0 Å². The second-order valence-corrected chi connectivity index (χ2v) is 3.38. The van der Waals surface area contributed by atoms with Crippen molar-refractivity contribution in [2.24, 2.45) is 0 Å². The number of phenolic OH excluding ortho intramolecular Hbond substituents is 1. The monoisotopic (exact) mass is 176 g/mol. The number of allylic oxidation sites excluding steroid dienone is 1. The molecular formula is C12H16O. The van der Waals surface area contributed by atoms with Crippen LogP contribution in [0.4, 0.5) is 0 Å². The molecule has 0 spiro atoms. The summed E-state index contributed by atoms with van der Waals surface area (Å²) in [5, 5.41) is 9.68. The Bertz CT molecular complexity index is 349. The number of benzene rings is 1. The first-order chi connectivity index (χ1) is 6.07. The number of hydrogen-bond acceptors (Lipinski definition) is 1. The van der Waals surface area contributed by atoms with Crippen LogP contribution in [0.25, 0.3) is 6.08 Å². The van der Waals surface area contributed by atoms with E-state index in [1.165, 1.54) is 5.56 Å². The number of phenols is 1. The first-order valence-electron chi connectivity index (χ1n) is 4.50. The average Bonchev–Trinajstić information content (AvgIpc) is 2.09. The van der Waals surface area contributed by atoms with Gasteiger partial charge in [0, 0.05) is 5.56 Å². The SMILES string of the molecule is C/C=C\c1c(O)cc(C)c(C)c1C. The van der Waals surface area contributed by atoms with Crippen LogP contribution in [0.5, 0.6) is 5.75 Å². The average molecular weight is 176 g/mol. The summed E-state index contributed by atoms with van der Waals surface area (Å²) in [6, 6.07) is 1.82. The first-order valence-corrected chi connectivity index (χ1v) is 4.50. The molecule has 0 amide bonds. The predicted molar refractivity (Wildman–Crippen MR) is 57.0 cm³/mol. The fraction of sp³-hybridized carbons (Fsp3) is 0.333. The molecule has 1 aromatic carbocycles. The molecule has 0 atom stereocenters. The van der Waals surface area contributed by atoms with E-state index in [1.807, 2.05) is 39.0 Å². The molecule has 0 radical (unpaired) electrons. The molecule has 1 N–H and O–H groups in total. The highest BCUT2D eigenvalue weighted by atomic mass is 16.3. The van der Waals surface area contributed by atoms with E-state index in [-0.39, 0.29) is 0 Å². The summed E-state index contributed by atoms with van der Waals surface area (Å²) in [6.45, 7) is 8.09. The Labute approximate surface area is 79.7 Å². The van der Waals surface area contributed by atoms with Crippen LogP contribution in [-0.4, -0.2) is 5.11 Å². The van der Waals surface area contributed by atoms with Crippen molar-refractivity contribution in [1.82, 2.24) is 0 Å². The lowest BCUT2D eigenvalue weighted by Gasteiger charge is -2.10. The number of rotatable bonds is 1. The van der Waals surface area contributed by atoms with Gasteiger partial charge in [-0.2, -0.15) is 0 Å². The van der Waals surface area contributed by atoms with E-state index in [2.05, 4.69) is 6.92 Å². The second kappa shape index (κ2) is 3.65. The zero-order valence-electron chi connectivity index (χ0n) is 8.68. The lowest BCUT2D eigenvalue weighted by atomic mass is 9.97. The van der Waals surface area contributed by atoms with Crippen molar-refractivity contribution < 1.29 is 5.11 Å². The minimum Gasteiger partial charge on any atom is -0.507 e. The van der Waals surface area contributed by atoms with Gasteiger partial charge < -0.3 is 5.11 Å². The topological polar surface area (TPSA) is 20.2 Å². The minimum absolute atomic E-state index is 0.374. The molecule has 0 aromatic heterocycles. The Morgan fingerprint density at radius 1 is 1.15 bits per heavy atom. The Balaban J connectivity index is 3.43. The first kappa shape index (κ1) is 9.85. The summed E-state index contributed by atoms with van der Waals surface area (Å²) in [4.78, 5) is 0. The Morgan fingerprint density at radius 2 is 1.77 bits per heavy atom. The van der Waals surface area contributed by atoms with Crippen LogP contribution in [-0.2, 0) is 0 Å². The highest BCUT2D eigenvalue weighted by Gasteiger charge is 2.06. The highest BCUT2D eigenvalue weighted by Crippen LogP contribution is 2.27. The van der Waals surface area contributed by atoms with E-state index < -0.39 is 0 Å². The zero-order chi connectivity index (χ0) is 10.0. The van der Waals surface area contributed by atoms with Gasteiger partial charge in [-0.15, -0.1) is 0 Å². The molecule has 0 bridgehead atoms. The summed E-state index contributed by atoms with van der Waals surface area (Å²) in [5.41, 5.74) is 4.50. The lowest BCUT2D eigenvalue weighted by molar-refractivity contribution is 0.473. The highest BCUT2D eigenvalue weighted by molar-refractivity contribution is 5.63. The van der Waals surface area contributed by atoms with Crippen molar-refractivity contribution in [3.63, 3.8) is 0 Å². The molecular weight excluding hydrogens is 160 g/mol. The van der Waals surface area contributed by atoms with Crippen LogP contribution in [0.2, 0.25) is 0 Å². The molecule has 13 heavy (non-hydrogen) atoms. The van der Waals surface area contributed by atoms with Gasteiger partial charge in [-0.3, -0.25) is 0 Å². The molecule has 0 aliphatic heterocycles. The van der Waals surface area contributed by atoms with Crippen LogP contribution >= 0.6 is 0 Å². The molecule has 0 aliphatic carbocycles. The van der Waals surface area contributed by atoms with Crippen LogP contribution in [0.15, 0.2) is 12.1 Å². The smallest absolute Gasteiger partial charge is 0.123 e. The van der Waals surface area contributed by atoms with Gasteiger partial charge in [-0.05, 0) is 50.5 Å². The van der Waals surface area contributed by atoms with E-state index in [0.29, 0.717) is 5.75 Å². The van der Waals surface area contributed by atoms with Gasteiger partial charge in [0.2, 0.25) is 0 Å². The summed E-state index contributed by atoms with van der Waals surface area (Å²) in [5.74, 6) is 0.374. The number of aryl methyl sites for hydroxylation is 1. The van der Waals surface area contributed by atoms with Gasteiger partial charge in [-0.1, -0.05) is 12.2 Å². The summed E-state index contributed by atoms with van der Waals surface area (Å²) < 4.78 is 0. The van der Waals surface area contributed by atoms with Crippen molar-refractivity contribution in [2.45, 2.75) is 27.7 Å². The van der Waals surface area contributed by atoms with Crippen molar-refractivity contribution in [3.05, 3.63) is 34.4 Å². The Kier molecular flexibility index (Phi) is 2.76. The van der Waals surface area contributed by atoms with Crippen LogP contribution in [0, 0.1) is 20.8 Å². The van der Waals surface area contributed by atoms with Gasteiger partial charge in [0.25, 0.3) is 0 Å². The largest absolute Gasteiger partial charge is 0.507 e. The minimum atomic E-state index is 0.374. The van der Waals surface area contributed by atoms with Gasteiger partial charge in [-0.25, -0.2) is 0 Å². The molecule has 0 heterocycles. The zero-order valence-corrected chi connectivity index (χ0v) is 8.68. The number of hydrogen-bond donors (Lipinski definition) is 1. The predicted octanol–water partition coefficient (Wildman–Crippen LogP) is 3.35. The molecule has 1 aromatic rings. The van der Waals surface area contributed by atoms with Crippen LogP contribution in [0.3, 0.4) is 0 Å². The summed E-state index contributed by atoms with van der Waals surface area (Å²) in [7, 11) is 0. The van der Waals surface area contributed by atoms with Gasteiger partial charge in [0.05, 0.1) is 0 Å². The normalized spacial score (nSPS) is 11.1. The summed E-state index contributed by atoms with van der Waals surface area (Å²) >= 11 is 0. The number of aromatic hydroxyl groups is 1. The molecule has 0 saturated heterocycles. The van der Waals surface area contributed by atoms with Gasteiger partial charge in [0.15, 0.2) is 0 Å². The maximum atomic E-state index is 9.68. The molecule has 1 nitrogen and oxygen atoms in total. The van der Waals surface area contributed by atoms with Crippen molar-refractivity contribution in [1.29, 1.82) is 0 Å². The third-order valence-corrected chi connectivity index (χ3v) is 2.52. The Morgan fingerprint density at radius 3 is 2.31 bits per heavy atom. The van der Waals surface area contributed by atoms with Gasteiger partial charge in [0.1, 0.15) is 5.75 Å². The van der Waals surface area contributed by atoms with E-state index in [0.717, 1.165) is 16.7 Å². The van der Waals surface area contributed by atoms with Crippen molar-refractivity contribution >= 4 is 6.08 Å².